The first-order chi connectivity index (χ1) is 6.25. The van der Waals surface area contributed by atoms with Gasteiger partial charge in [0.1, 0.15) is 11.5 Å². The molecular formula is C8H8N4O. The summed E-state index contributed by atoms with van der Waals surface area (Å²) < 4.78 is 4.94. The number of rotatable bonds is 1. The molecule has 0 aromatic carbocycles. The third-order valence-electron chi connectivity index (χ3n) is 1.56. The van der Waals surface area contributed by atoms with Gasteiger partial charge in [0.05, 0.1) is 0 Å². The molecule has 2 N–H and O–H groups in total. The molecule has 0 saturated heterocycles. The highest BCUT2D eigenvalue weighted by Gasteiger charge is 2.05. The van der Waals surface area contributed by atoms with Gasteiger partial charge >= 0.3 is 0 Å². The highest BCUT2D eigenvalue weighted by atomic mass is 16.5. The Morgan fingerprint density at radius 1 is 1.46 bits per heavy atom. The molecule has 0 aliphatic rings. The van der Waals surface area contributed by atoms with E-state index in [1.807, 2.05) is 6.92 Å². The van der Waals surface area contributed by atoms with Gasteiger partial charge in [-0.3, -0.25) is 0 Å². The van der Waals surface area contributed by atoms with E-state index in [-0.39, 0.29) is 0 Å². The van der Waals surface area contributed by atoms with Crippen molar-refractivity contribution in [1.82, 2.24) is 15.1 Å². The molecule has 0 aliphatic heterocycles. The van der Waals surface area contributed by atoms with E-state index in [1.54, 1.807) is 18.3 Å². The zero-order valence-corrected chi connectivity index (χ0v) is 7.06. The van der Waals surface area contributed by atoms with E-state index in [0.29, 0.717) is 23.1 Å². The zero-order valence-electron chi connectivity index (χ0n) is 7.06. The minimum Gasteiger partial charge on any atom is -0.381 e. The van der Waals surface area contributed by atoms with Crippen molar-refractivity contribution in [2.24, 2.45) is 0 Å². The summed E-state index contributed by atoms with van der Waals surface area (Å²) >= 11 is 0. The number of aryl methyl sites for hydroxylation is 1. The lowest BCUT2D eigenvalue weighted by atomic mass is 10.3. The molecule has 0 saturated carbocycles. The van der Waals surface area contributed by atoms with Gasteiger partial charge in [0, 0.05) is 12.3 Å². The molecule has 0 fully saturated rings. The molecule has 2 heterocycles. The molecule has 0 radical (unpaired) electrons. The number of anilines is 1. The van der Waals surface area contributed by atoms with Crippen LogP contribution in [0.2, 0.25) is 0 Å². The molecule has 0 amide bonds. The van der Waals surface area contributed by atoms with Crippen LogP contribution in [0.15, 0.2) is 22.9 Å². The topological polar surface area (TPSA) is 77.8 Å². The number of nitrogens with two attached hydrogens (primary N) is 1. The number of nitrogen functional groups attached to an aromatic ring is 1. The van der Waals surface area contributed by atoms with Gasteiger partial charge in [-0.2, -0.15) is 0 Å². The van der Waals surface area contributed by atoms with Crippen LogP contribution in [0.4, 0.5) is 5.82 Å². The van der Waals surface area contributed by atoms with Crippen LogP contribution in [0.1, 0.15) is 5.82 Å². The van der Waals surface area contributed by atoms with Crippen LogP contribution in [-0.2, 0) is 0 Å². The van der Waals surface area contributed by atoms with Gasteiger partial charge in [0.2, 0.25) is 0 Å². The summed E-state index contributed by atoms with van der Waals surface area (Å²) in [6, 6.07) is 3.37. The maximum absolute atomic E-state index is 5.41. The Morgan fingerprint density at radius 3 is 2.92 bits per heavy atom. The lowest BCUT2D eigenvalue weighted by Gasteiger charge is -1.93. The number of hydrogen-bond donors (Lipinski definition) is 1. The Kier molecular flexibility index (Phi) is 1.70. The first-order valence-electron chi connectivity index (χ1n) is 3.78. The second-order valence-corrected chi connectivity index (χ2v) is 2.61. The van der Waals surface area contributed by atoms with Crippen molar-refractivity contribution in [2.75, 3.05) is 5.73 Å². The summed E-state index contributed by atoms with van der Waals surface area (Å²) in [6.45, 7) is 1.81. The Bertz CT molecular complexity index is 424. The number of hydrogen-bond acceptors (Lipinski definition) is 5. The summed E-state index contributed by atoms with van der Waals surface area (Å²) in [6.07, 6.45) is 1.66. The first kappa shape index (κ1) is 7.72. The molecule has 13 heavy (non-hydrogen) atoms. The van der Waals surface area contributed by atoms with Gasteiger partial charge in [-0.05, 0) is 13.0 Å². The van der Waals surface area contributed by atoms with Crippen LogP contribution in [0.5, 0.6) is 0 Å². The van der Waals surface area contributed by atoms with E-state index in [2.05, 4.69) is 15.1 Å². The van der Waals surface area contributed by atoms with Crippen LogP contribution in [0.3, 0.4) is 0 Å². The smallest absolute Gasteiger partial charge is 0.187 e. The van der Waals surface area contributed by atoms with Gasteiger partial charge in [-0.1, -0.05) is 5.16 Å². The van der Waals surface area contributed by atoms with Crippen LogP contribution in [0, 0.1) is 6.92 Å². The zero-order chi connectivity index (χ0) is 9.26. The van der Waals surface area contributed by atoms with E-state index in [9.17, 15) is 0 Å². The van der Waals surface area contributed by atoms with E-state index in [4.69, 9.17) is 10.3 Å². The quantitative estimate of drug-likeness (QED) is 0.701. The summed E-state index contributed by atoms with van der Waals surface area (Å²) in [4.78, 5) is 8.12. The van der Waals surface area contributed by atoms with Crippen molar-refractivity contribution in [2.45, 2.75) is 6.92 Å². The minimum atomic E-state index is 0.353. The molecule has 66 valence electrons. The van der Waals surface area contributed by atoms with Crippen molar-refractivity contribution in [3.05, 3.63) is 24.2 Å². The predicted octanol–water partition coefficient (Wildman–Crippen LogP) is 1.02. The van der Waals surface area contributed by atoms with Gasteiger partial charge in [0.15, 0.2) is 11.6 Å². The van der Waals surface area contributed by atoms with Crippen molar-refractivity contribution in [3.63, 3.8) is 0 Å². The fourth-order valence-electron chi connectivity index (χ4n) is 1.00. The van der Waals surface area contributed by atoms with Crippen LogP contribution in [-0.4, -0.2) is 15.1 Å². The Hall–Kier alpha value is -1.91. The summed E-state index contributed by atoms with van der Waals surface area (Å²) in [7, 11) is 0. The maximum atomic E-state index is 5.41. The van der Waals surface area contributed by atoms with Crippen LogP contribution < -0.4 is 5.73 Å². The molecule has 0 spiro atoms. The lowest BCUT2D eigenvalue weighted by Crippen LogP contribution is -1.88. The maximum Gasteiger partial charge on any atom is 0.187 e. The number of aromatic nitrogens is 3. The van der Waals surface area contributed by atoms with E-state index >= 15 is 0 Å². The van der Waals surface area contributed by atoms with Crippen molar-refractivity contribution in [3.8, 4) is 11.5 Å². The normalized spacial score (nSPS) is 10.2. The fraction of sp³-hybridized carbons (Fsp3) is 0.125. The van der Waals surface area contributed by atoms with Crippen molar-refractivity contribution >= 4 is 5.82 Å². The average Bonchev–Trinajstić information content (AvgIpc) is 2.52. The van der Waals surface area contributed by atoms with E-state index in [1.165, 1.54) is 0 Å². The Balaban J connectivity index is 2.46. The SMILES string of the molecule is Cc1nccc(-c2cc(N)no2)n1. The summed E-state index contributed by atoms with van der Waals surface area (Å²) in [5.41, 5.74) is 6.10. The highest BCUT2D eigenvalue weighted by Crippen LogP contribution is 2.17. The molecule has 2 aromatic heterocycles. The lowest BCUT2D eigenvalue weighted by molar-refractivity contribution is 0.434. The predicted molar refractivity (Wildman–Crippen MR) is 46.7 cm³/mol. The highest BCUT2D eigenvalue weighted by molar-refractivity contribution is 5.54. The third kappa shape index (κ3) is 1.48. The van der Waals surface area contributed by atoms with E-state index in [0.717, 1.165) is 0 Å². The summed E-state index contributed by atoms with van der Waals surface area (Å²) in [5, 5.41) is 3.57. The second-order valence-electron chi connectivity index (χ2n) is 2.61. The fourth-order valence-corrected chi connectivity index (χ4v) is 1.00. The molecule has 2 aromatic rings. The Morgan fingerprint density at radius 2 is 2.31 bits per heavy atom. The van der Waals surface area contributed by atoms with E-state index < -0.39 is 0 Å². The van der Waals surface area contributed by atoms with Gasteiger partial charge in [0.25, 0.3) is 0 Å². The second kappa shape index (κ2) is 2.85. The number of nitrogens with zero attached hydrogens (tertiary/aromatic N) is 3. The van der Waals surface area contributed by atoms with Gasteiger partial charge < -0.3 is 10.3 Å². The molecule has 0 bridgehead atoms. The molecule has 2 rings (SSSR count). The molecule has 0 unspecified atom stereocenters. The average molecular weight is 176 g/mol. The van der Waals surface area contributed by atoms with Crippen LogP contribution in [0.25, 0.3) is 11.5 Å². The minimum absolute atomic E-state index is 0.353. The largest absolute Gasteiger partial charge is 0.381 e. The molecule has 0 aliphatic carbocycles. The van der Waals surface area contributed by atoms with Gasteiger partial charge in [-0.15, -0.1) is 0 Å². The molecule has 5 nitrogen and oxygen atoms in total. The summed E-state index contributed by atoms with van der Waals surface area (Å²) in [5.74, 6) is 1.60. The van der Waals surface area contributed by atoms with Crippen molar-refractivity contribution in [1.29, 1.82) is 0 Å². The van der Waals surface area contributed by atoms with Crippen LogP contribution >= 0.6 is 0 Å². The first-order valence-corrected chi connectivity index (χ1v) is 3.78. The molecular weight excluding hydrogens is 168 g/mol. The monoisotopic (exact) mass is 176 g/mol. The third-order valence-corrected chi connectivity index (χ3v) is 1.56. The van der Waals surface area contributed by atoms with Crippen molar-refractivity contribution < 1.29 is 4.52 Å². The standard InChI is InChI=1S/C8H8N4O/c1-5-10-3-2-6(11-5)7-4-8(9)12-13-7/h2-4H,1H3,(H2,9,12). The molecule has 5 heteroatoms. The Labute approximate surface area is 74.6 Å². The molecule has 0 atom stereocenters. The van der Waals surface area contributed by atoms with Gasteiger partial charge in [-0.25, -0.2) is 9.97 Å².